The van der Waals surface area contributed by atoms with E-state index in [0.717, 1.165) is 29.9 Å². The van der Waals surface area contributed by atoms with Crippen LogP contribution in [0.3, 0.4) is 0 Å². The van der Waals surface area contributed by atoms with E-state index in [2.05, 4.69) is 6.92 Å². The Labute approximate surface area is 90.2 Å². The number of para-hydroxylation sites is 1. The molecule has 1 aliphatic heterocycles. The Kier molecular flexibility index (Phi) is 3.11. The first-order valence-electron chi connectivity index (χ1n) is 5.47. The summed E-state index contributed by atoms with van der Waals surface area (Å²) in [7, 11) is 0. The van der Waals surface area contributed by atoms with Crippen molar-refractivity contribution in [3.63, 3.8) is 0 Å². The summed E-state index contributed by atoms with van der Waals surface area (Å²) in [6, 6.07) is 5.97. The molecule has 2 N–H and O–H groups in total. The summed E-state index contributed by atoms with van der Waals surface area (Å²) in [6.45, 7) is 3.37. The maximum Gasteiger partial charge on any atom is 0.166 e. The Morgan fingerprint density at radius 1 is 1.33 bits per heavy atom. The first-order chi connectivity index (χ1) is 7.33. The topological polar surface area (TPSA) is 44.5 Å². The second-order valence-electron chi connectivity index (χ2n) is 3.77. The van der Waals surface area contributed by atoms with Crippen LogP contribution < -0.4 is 15.2 Å². The largest absolute Gasteiger partial charge is 0.486 e. The zero-order valence-corrected chi connectivity index (χ0v) is 9.03. The van der Waals surface area contributed by atoms with E-state index in [1.165, 1.54) is 0 Å². The molecule has 82 valence electrons. The number of hydrogen-bond acceptors (Lipinski definition) is 3. The highest BCUT2D eigenvalue weighted by Crippen LogP contribution is 2.37. The molecule has 1 aromatic carbocycles. The summed E-state index contributed by atoms with van der Waals surface area (Å²) in [5, 5.41) is 0. The lowest BCUT2D eigenvalue weighted by atomic mass is 10.0. The SMILES string of the molecule is CCCC(N)c1cccc2c1OCCO2. The van der Waals surface area contributed by atoms with Gasteiger partial charge in [0.25, 0.3) is 0 Å². The molecule has 1 aliphatic rings. The molecule has 0 amide bonds. The van der Waals surface area contributed by atoms with Gasteiger partial charge in [0.2, 0.25) is 0 Å². The zero-order chi connectivity index (χ0) is 10.7. The summed E-state index contributed by atoms with van der Waals surface area (Å²) in [6.07, 6.45) is 2.05. The number of nitrogens with two attached hydrogens (primary N) is 1. The fraction of sp³-hybridized carbons (Fsp3) is 0.500. The zero-order valence-electron chi connectivity index (χ0n) is 9.03. The molecule has 0 saturated heterocycles. The van der Waals surface area contributed by atoms with Gasteiger partial charge in [-0.05, 0) is 12.5 Å². The van der Waals surface area contributed by atoms with Crippen molar-refractivity contribution in [3.05, 3.63) is 23.8 Å². The molecule has 1 unspecified atom stereocenters. The fourth-order valence-electron chi connectivity index (χ4n) is 1.85. The van der Waals surface area contributed by atoms with Crippen LogP contribution in [0.5, 0.6) is 11.5 Å². The minimum Gasteiger partial charge on any atom is -0.486 e. The molecule has 15 heavy (non-hydrogen) atoms. The predicted molar refractivity (Wildman–Crippen MR) is 59.3 cm³/mol. The van der Waals surface area contributed by atoms with E-state index >= 15 is 0 Å². The van der Waals surface area contributed by atoms with E-state index < -0.39 is 0 Å². The predicted octanol–water partition coefficient (Wildman–Crippen LogP) is 2.26. The molecule has 0 aliphatic carbocycles. The molecule has 3 heteroatoms. The molecule has 0 spiro atoms. The molecule has 0 aromatic heterocycles. The van der Waals surface area contributed by atoms with Crippen molar-refractivity contribution in [3.8, 4) is 11.5 Å². The van der Waals surface area contributed by atoms with E-state index in [9.17, 15) is 0 Å². The van der Waals surface area contributed by atoms with E-state index in [4.69, 9.17) is 15.2 Å². The Morgan fingerprint density at radius 3 is 2.93 bits per heavy atom. The number of hydrogen-bond donors (Lipinski definition) is 1. The minimum atomic E-state index is 0.0478. The van der Waals surface area contributed by atoms with Gasteiger partial charge in [-0.15, -0.1) is 0 Å². The lowest BCUT2D eigenvalue weighted by Gasteiger charge is -2.23. The highest BCUT2D eigenvalue weighted by atomic mass is 16.6. The van der Waals surface area contributed by atoms with Gasteiger partial charge in [0.15, 0.2) is 11.5 Å². The minimum absolute atomic E-state index is 0.0478. The van der Waals surface area contributed by atoms with Crippen molar-refractivity contribution in [1.29, 1.82) is 0 Å². The van der Waals surface area contributed by atoms with Crippen LogP contribution in [0.2, 0.25) is 0 Å². The highest BCUT2D eigenvalue weighted by Gasteiger charge is 2.18. The first kappa shape index (κ1) is 10.3. The summed E-state index contributed by atoms with van der Waals surface area (Å²) in [5.74, 6) is 1.66. The smallest absolute Gasteiger partial charge is 0.166 e. The van der Waals surface area contributed by atoms with Crippen LogP contribution in [0.4, 0.5) is 0 Å². The van der Waals surface area contributed by atoms with Crippen LogP contribution in [0.15, 0.2) is 18.2 Å². The Hall–Kier alpha value is -1.22. The number of ether oxygens (including phenoxy) is 2. The summed E-state index contributed by atoms with van der Waals surface area (Å²) >= 11 is 0. The molecule has 1 heterocycles. The maximum absolute atomic E-state index is 6.09. The van der Waals surface area contributed by atoms with Gasteiger partial charge in [-0.2, -0.15) is 0 Å². The maximum atomic E-state index is 6.09. The van der Waals surface area contributed by atoms with E-state index in [0.29, 0.717) is 13.2 Å². The van der Waals surface area contributed by atoms with E-state index in [1.807, 2.05) is 18.2 Å². The molecule has 3 nitrogen and oxygen atoms in total. The molecule has 0 saturated carbocycles. The number of fused-ring (bicyclic) bond motifs is 1. The normalized spacial score (nSPS) is 16.1. The summed E-state index contributed by atoms with van der Waals surface area (Å²) in [4.78, 5) is 0. The third-order valence-electron chi connectivity index (χ3n) is 2.60. The lowest BCUT2D eigenvalue weighted by Crippen LogP contribution is -2.19. The fourth-order valence-corrected chi connectivity index (χ4v) is 1.85. The average molecular weight is 207 g/mol. The second kappa shape index (κ2) is 4.53. The Bertz CT molecular complexity index is 338. The van der Waals surface area contributed by atoms with Gasteiger partial charge in [0.1, 0.15) is 13.2 Å². The van der Waals surface area contributed by atoms with Crippen molar-refractivity contribution in [2.45, 2.75) is 25.8 Å². The van der Waals surface area contributed by atoms with Crippen LogP contribution in [0.1, 0.15) is 31.4 Å². The van der Waals surface area contributed by atoms with Crippen LogP contribution in [0, 0.1) is 0 Å². The Morgan fingerprint density at radius 2 is 2.13 bits per heavy atom. The van der Waals surface area contributed by atoms with Crippen molar-refractivity contribution < 1.29 is 9.47 Å². The van der Waals surface area contributed by atoms with Gasteiger partial charge in [0.05, 0.1) is 0 Å². The average Bonchev–Trinajstić information content (AvgIpc) is 2.28. The van der Waals surface area contributed by atoms with E-state index in [1.54, 1.807) is 0 Å². The van der Waals surface area contributed by atoms with E-state index in [-0.39, 0.29) is 6.04 Å². The van der Waals surface area contributed by atoms with Crippen molar-refractivity contribution in [2.75, 3.05) is 13.2 Å². The van der Waals surface area contributed by atoms with Crippen LogP contribution >= 0.6 is 0 Å². The third kappa shape index (κ3) is 2.07. The third-order valence-corrected chi connectivity index (χ3v) is 2.60. The molecule has 0 bridgehead atoms. The number of rotatable bonds is 3. The standard InChI is InChI=1S/C12H17NO2/c1-2-4-10(13)9-5-3-6-11-12(9)15-8-7-14-11/h3,5-6,10H,2,4,7-8,13H2,1H3. The molecular weight excluding hydrogens is 190 g/mol. The van der Waals surface area contributed by atoms with Crippen molar-refractivity contribution in [2.24, 2.45) is 5.73 Å². The van der Waals surface area contributed by atoms with Gasteiger partial charge in [-0.1, -0.05) is 25.5 Å². The monoisotopic (exact) mass is 207 g/mol. The second-order valence-corrected chi connectivity index (χ2v) is 3.77. The molecular formula is C12H17NO2. The van der Waals surface area contributed by atoms with Gasteiger partial charge < -0.3 is 15.2 Å². The van der Waals surface area contributed by atoms with Crippen molar-refractivity contribution >= 4 is 0 Å². The van der Waals surface area contributed by atoms with Crippen LogP contribution in [-0.4, -0.2) is 13.2 Å². The van der Waals surface area contributed by atoms with Gasteiger partial charge in [0, 0.05) is 11.6 Å². The molecule has 2 rings (SSSR count). The van der Waals surface area contributed by atoms with Crippen LogP contribution in [0.25, 0.3) is 0 Å². The van der Waals surface area contributed by atoms with Crippen molar-refractivity contribution in [1.82, 2.24) is 0 Å². The lowest BCUT2D eigenvalue weighted by molar-refractivity contribution is 0.169. The van der Waals surface area contributed by atoms with Gasteiger partial charge >= 0.3 is 0 Å². The molecule has 1 atom stereocenters. The van der Waals surface area contributed by atoms with Gasteiger partial charge in [-0.3, -0.25) is 0 Å². The highest BCUT2D eigenvalue weighted by molar-refractivity contribution is 5.48. The first-order valence-corrected chi connectivity index (χ1v) is 5.47. The molecule has 0 fully saturated rings. The summed E-state index contributed by atoms with van der Waals surface area (Å²) in [5.41, 5.74) is 7.16. The van der Waals surface area contributed by atoms with Crippen LogP contribution in [-0.2, 0) is 0 Å². The summed E-state index contributed by atoms with van der Waals surface area (Å²) < 4.78 is 11.1. The van der Waals surface area contributed by atoms with Gasteiger partial charge in [-0.25, -0.2) is 0 Å². The number of benzene rings is 1. The molecule has 1 aromatic rings. The Balaban J connectivity index is 2.30. The quantitative estimate of drug-likeness (QED) is 0.826. The molecule has 0 radical (unpaired) electrons.